The summed E-state index contributed by atoms with van der Waals surface area (Å²) in [4.78, 5) is 21.7. The van der Waals surface area contributed by atoms with Gasteiger partial charge >= 0.3 is 0 Å². The average Bonchev–Trinajstić information content (AvgIpc) is 3.27. The summed E-state index contributed by atoms with van der Waals surface area (Å²) in [6.07, 6.45) is 4.18. The third-order valence-electron chi connectivity index (χ3n) is 5.82. The molecule has 0 saturated heterocycles. The standard InChI is InChI=1S/C26H25ClF2N6O2/c1-3-22(36)34(2)10-4-5-11-35-26-23(25(30)31-15-32-26)24(33-35)16-6-9-21(19(27)13-16)37-14-17-12-18(28)7-8-20(17)29/h3,6-9,12-13,15H,1,4-5,10-11,14H2,2H3,(H2,30,31,32). The van der Waals surface area contributed by atoms with Gasteiger partial charge in [-0.3, -0.25) is 4.79 Å². The van der Waals surface area contributed by atoms with E-state index in [0.717, 1.165) is 31.0 Å². The molecule has 0 aliphatic rings. The van der Waals surface area contributed by atoms with Crippen LogP contribution < -0.4 is 10.5 Å². The summed E-state index contributed by atoms with van der Waals surface area (Å²) in [6, 6.07) is 8.21. The number of rotatable bonds is 10. The number of anilines is 1. The number of benzene rings is 2. The smallest absolute Gasteiger partial charge is 0.245 e. The van der Waals surface area contributed by atoms with Crippen LogP contribution in [-0.2, 0) is 17.9 Å². The normalized spacial score (nSPS) is 11.0. The van der Waals surface area contributed by atoms with Gasteiger partial charge in [0.1, 0.15) is 41.8 Å². The van der Waals surface area contributed by atoms with Crippen molar-refractivity contribution < 1.29 is 18.3 Å². The number of nitrogens with zero attached hydrogens (tertiary/aromatic N) is 5. The van der Waals surface area contributed by atoms with E-state index in [1.807, 2.05) is 0 Å². The Morgan fingerprint density at radius 2 is 2.03 bits per heavy atom. The Balaban J connectivity index is 1.54. The summed E-state index contributed by atoms with van der Waals surface area (Å²) in [5.74, 6) is -0.667. The molecule has 0 saturated carbocycles. The van der Waals surface area contributed by atoms with Crippen LogP contribution in [0, 0.1) is 11.6 Å². The molecule has 192 valence electrons. The van der Waals surface area contributed by atoms with E-state index in [4.69, 9.17) is 27.2 Å². The number of nitrogen functional groups attached to an aromatic ring is 1. The first-order chi connectivity index (χ1) is 17.8. The molecule has 0 radical (unpaired) electrons. The lowest BCUT2D eigenvalue weighted by Gasteiger charge is -2.14. The molecule has 0 atom stereocenters. The SMILES string of the molecule is C=CC(=O)N(C)CCCCn1nc(-c2ccc(OCc3cc(F)ccc3F)c(Cl)c2)c2c(N)ncnc21. The molecular formula is C26H25ClF2N6O2. The van der Waals surface area contributed by atoms with Crippen LogP contribution in [0.5, 0.6) is 5.75 Å². The third kappa shape index (κ3) is 5.86. The van der Waals surface area contributed by atoms with Crippen molar-refractivity contribution in [2.75, 3.05) is 19.3 Å². The highest BCUT2D eigenvalue weighted by Gasteiger charge is 2.18. The van der Waals surface area contributed by atoms with Crippen LogP contribution in [0.15, 0.2) is 55.4 Å². The second kappa shape index (κ2) is 11.3. The van der Waals surface area contributed by atoms with Gasteiger partial charge in [-0.05, 0) is 55.3 Å². The van der Waals surface area contributed by atoms with E-state index in [1.54, 1.807) is 34.8 Å². The second-order valence-corrected chi connectivity index (χ2v) is 8.78. The number of hydrogen-bond donors (Lipinski definition) is 1. The van der Waals surface area contributed by atoms with Gasteiger partial charge in [0.2, 0.25) is 5.91 Å². The zero-order chi connectivity index (χ0) is 26.5. The van der Waals surface area contributed by atoms with E-state index in [1.165, 1.54) is 12.4 Å². The lowest BCUT2D eigenvalue weighted by molar-refractivity contribution is -0.124. The Labute approximate surface area is 217 Å². The minimum atomic E-state index is -0.569. The highest BCUT2D eigenvalue weighted by molar-refractivity contribution is 6.32. The molecule has 2 aromatic carbocycles. The van der Waals surface area contributed by atoms with E-state index >= 15 is 0 Å². The first-order valence-corrected chi connectivity index (χ1v) is 11.9. The number of carbonyl (C=O) groups excluding carboxylic acids is 1. The number of halogens is 3. The molecule has 0 aliphatic heterocycles. The summed E-state index contributed by atoms with van der Waals surface area (Å²) < 4.78 is 34.7. The monoisotopic (exact) mass is 526 g/mol. The van der Waals surface area contributed by atoms with Crippen LogP contribution >= 0.6 is 11.6 Å². The van der Waals surface area contributed by atoms with Gasteiger partial charge in [-0.25, -0.2) is 23.4 Å². The summed E-state index contributed by atoms with van der Waals surface area (Å²) in [5, 5.41) is 5.58. The maximum absolute atomic E-state index is 13.9. The maximum atomic E-state index is 13.9. The number of fused-ring (bicyclic) bond motifs is 1. The summed E-state index contributed by atoms with van der Waals surface area (Å²) in [7, 11) is 1.73. The van der Waals surface area contributed by atoms with E-state index < -0.39 is 11.6 Å². The Kier molecular flexibility index (Phi) is 7.98. The first kappa shape index (κ1) is 26.0. The Morgan fingerprint density at radius 1 is 1.22 bits per heavy atom. The van der Waals surface area contributed by atoms with E-state index in [9.17, 15) is 13.6 Å². The fraction of sp³-hybridized carbons (Fsp3) is 0.231. The first-order valence-electron chi connectivity index (χ1n) is 11.5. The molecule has 0 fully saturated rings. The van der Waals surface area contributed by atoms with Crippen LogP contribution in [0.1, 0.15) is 18.4 Å². The number of hydrogen-bond acceptors (Lipinski definition) is 6. The zero-order valence-corrected chi connectivity index (χ0v) is 20.9. The minimum Gasteiger partial charge on any atom is -0.487 e. The van der Waals surface area contributed by atoms with Gasteiger partial charge in [-0.1, -0.05) is 18.2 Å². The number of aryl methyl sites for hydroxylation is 1. The number of ether oxygens (including phenoxy) is 1. The molecule has 2 N–H and O–H groups in total. The third-order valence-corrected chi connectivity index (χ3v) is 6.11. The zero-order valence-electron chi connectivity index (χ0n) is 20.1. The maximum Gasteiger partial charge on any atom is 0.245 e. The lowest BCUT2D eigenvalue weighted by Crippen LogP contribution is -2.25. The molecule has 0 spiro atoms. The largest absolute Gasteiger partial charge is 0.487 e. The number of amides is 1. The predicted octanol–water partition coefficient (Wildman–Crippen LogP) is 5.01. The highest BCUT2D eigenvalue weighted by Crippen LogP contribution is 2.35. The molecule has 0 unspecified atom stereocenters. The topological polar surface area (TPSA) is 99.2 Å². The number of unbranched alkanes of at least 4 members (excludes halogenated alkanes) is 1. The molecule has 2 heterocycles. The fourth-order valence-electron chi connectivity index (χ4n) is 3.84. The molecular weight excluding hydrogens is 502 g/mol. The fourth-order valence-corrected chi connectivity index (χ4v) is 4.07. The predicted molar refractivity (Wildman–Crippen MR) is 138 cm³/mol. The van der Waals surface area contributed by atoms with Crippen LogP contribution in [0.4, 0.5) is 14.6 Å². The Bertz CT molecular complexity index is 1460. The number of carbonyl (C=O) groups is 1. The molecule has 4 aromatic rings. The van der Waals surface area contributed by atoms with Gasteiger partial charge < -0.3 is 15.4 Å². The van der Waals surface area contributed by atoms with Crippen LogP contribution in [0.2, 0.25) is 5.02 Å². The molecule has 37 heavy (non-hydrogen) atoms. The minimum absolute atomic E-state index is 0.0786. The molecule has 0 bridgehead atoms. The van der Waals surface area contributed by atoms with Crippen LogP contribution in [0.3, 0.4) is 0 Å². The lowest BCUT2D eigenvalue weighted by atomic mass is 10.1. The summed E-state index contributed by atoms with van der Waals surface area (Å²) >= 11 is 6.45. The molecule has 1 amide bonds. The van der Waals surface area contributed by atoms with E-state index in [0.29, 0.717) is 41.1 Å². The second-order valence-electron chi connectivity index (χ2n) is 8.37. The average molecular weight is 527 g/mol. The van der Waals surface area contributed by atoms with E-state index in [2.05, 4.69) is 16.5 Å². The van der Waals surface area contributed by atoms with E-state index in [-0.39, 0.29) is 28.9 Å². The van der Waals surface area contributed by atoms with Crippen LogP contribution in [0.25, 0.3) is 22.3 Å². The van der Waals surface area contributed by atoms with Gasteiger partial charge in [0.05, 0.1) is 10.4 Å². The van der Waals surface area contributed by atoms with Crippen molar-refractivity contribution in [3.63, 3.8) is 0 Å². The van der Waals surface area contributed by atoms with Gasteiger partial charge in [0.15, 0.2) is 5.65 Å². The molecule has 4 rings (SSSR count). The van der Waals surface area contributed by atoms with Gasteiger partial charge in [0.25, 0.3) is 0 Å². The quantitative estimate of drug-likeness (QED) is 0.230. The number of aromatic nitrogens is 4. The summed E-state index contributed by atoms with van der Waals surface area (Å²) in [5.41, 5.74) is 8.05. The van der Waals surface area contributed by atoms with Gasteiger partial charge in [0, 0.05) is 31.3 Å². The Morgan fingerprint density at radius 3 is 2.78 bits per heavy atom. The summed E-state index contributed by atoms with van der Waals surface area (Å²) in [6.45, 7) is 4.45. The van der Waals surface area contributed by atoms with Crippen molar-refractivity contribution in [3.05, 3.63) is 77.6 Å². The van der Waals surface area contributed by atoms with Crippen molar-refractivity contribution in [3.8, 4) is 17.0 Å². The van der Waals surface area contributed by atoms with Crippen molar-refractivity contribution in [2.45, 2.75) is 26.0 Å². The van der Waals surface area contributed by atoms with Crippen molar-refractivity contribution in [1.82, 2.24) is 24.6 Å². The highest BCUT2D eigenvalue weighted by atomic mass is 35.5. The molecule has 0 aliphatic carbocycles. The molecule has 8 nitrogen and oxygen atoms in total. The van der Waals surface area contributed by atoms with Crippen molar-refractivity contribution in [1.29, 1.82) is 0 Å². The van der Waals surface area contributed by atoms with Gasteiger partial charge in [-0.15, -0.1) is 0 Å². The van der Waals surface area contributed by atoms with Crippen LogP contribution in [-0.4, -0.2) is 44.1 Å². The van der Waals surface area contributed by atoms with Crippen molar-refractivity contribution in [2.24, 2.45) is 0 Å². The number of likely N-dealkylation sites (N-methyl/N-ethyl adjacent to an activating group) is 1. The van der Waals surface area contributed by atoms with Crippen molar-refractivity contribution >= 4 is 34.4 Å². The molecule has 2 aromatic heterocycles. The van der Waals surface area contributed by atoms with Gasteiger partial charge in [-0.2, -0.15) is 5.10 Å². The Hall–Kier alpha value is -4.05. The molecule has 11 heteroatoms. The number of nitrogens with two attached hydrogens (primary N) is 1.